The van der Waals surface area contributed by atoms with Gasteiger partial charge in [0, 0.05) is 17.0 Å². The maximum atomic E-state index is 14.0. The first kappa shape index (κ1) is 17.2. The van der Waals surface area contributed by atoms with Gasteiger partial charge in [-0.05, 0) is 42.5 Å². The molecule has 29 heavy (non-hydrogen) atoms. The summed E-state index contributed by atoms with van der Waals surface area (Å²) in [4.78, 5) is 18.0. The van der Waals surface area contributed by atoms with Gasteiger partial charge in [-0.15, -0.1) is 0 Å². The van der Waals surface area contributed by atoms with Gasteiger partial charge in [0.05, 0.1) is 23.7 Å². The molecule has 2 heterocycles. The van der Waals surface area contributed by atoms with Crippen LogP contribution in [-0.4, -0.2) is 22.6 Å². The van der Waals surface area contributed by atoms with Gasteiger partial charge < -0.3 is 9.15 Å². The number of aromatic nitrogens is 2. The van der Waals surface area contributed by atoms with Crippen molar-refractivity contribution in [2.45, 2.75) is 0 Å². The summed E-state index contributed by atoms with van der Waals surface area (Å²) in [5.74, 6) is 0.284. The molecule has 0 N–H and O–H groups in total. The molecule has 0 bridgehead atoms. The average molecular weight is 386 g/mol. The van der Waals surface area contributed by atoms with Crippen LogP contribution in [0.25, 0.3) is 33.4 Å². The SMILES string of the molecule is COc1ccc(C(=O)n2c(-c3coc4ccccc34)nc3ccc(F)cc32)cc1. The van der Waals surface area contributed by atoms with Crippen LogP contribution in [0, 0.1) is 5.82 Å². The minimum Gasteiger partial charge on any atom is -0.497 e. The molecule has 0 atom stereocenters. The molecule has 142 valence electrons. The van der Waals surface area contributed by atoms with Crippen LogP contribution in [0.2, 0.25) is 0 Å². The average Bonchev–Trinajstić information content (AvgIpc) is 3.34. The molecule has 5 rings (SSSR count). The normalized spacial score (nSPS) is 11.2. The topological polar surface area (TPSA) is 57.3 Å². The smallest absolute Gasteiger partial charge is 0.264 e. The Hall–Kier alpha value is -3.93. The zero-order chi connectivity index (χ0) is 20.0. The molecule has 6 heteroatoms. The summed E-state index contributed by atoms with van der Waals surface area (Å²) >= 11 is 0. The highest BCUT2D eigenvalue weighted by atomic mass is 19.1. The Kier molecular flexibility index (Phi) is 3.91. The maximum Gasteiger partial charge on any atom is 0.264 e. The predicted molar refractivity (Wildman–Crippen MR) is 108 cm³/mol. The molecule has 0 spiro atoms. The fraction of sp³-hybridized carbons (Fsp3) is 0.0435. The number of halogens is 1. The minimum atomic E-state index is -0.440. The minimum absolute atomic E-state index is 0.318. The summed E-state index contributed by atoms with van der Waals surface area (Å²) in [6.07, 6.45) is 1.57. The van der Waals surface area contributed by atoms with Crippen LogP contribution in [-0.2, 0) is 0 Å². The Morgan fingerprint density at radius 3 is 2.66 bits per heavy atom. The van der Waals surface area contributed by atoms with Gasteiger partial charge in [0.25, 0.3) is 5.91 Å². The number of methoxy groups -OCH3 is 1. The number of furan rings is 1. The van der Waals surface area contributed by atoms with Gasteiger partial charge in [-0.25, -0.2) is 9.37 Å². The van der Waals surface area contributed by atoms with Gasteiger partial charge >= 0.3 is 0 Å². The van der Waals surface area contributed by atoms with Gasteiger partial charge in [-0.2, -0.15) is 0 Å². The summed E-state index contributed by atoms with van der Waals surface area (Å²) in [7, 11) is 1.56. The number of hydrogen-bond acceptors (Lipinski definition) is 4. The number of rotatable bonds is 3. The van der Waals surface area contributed by atoms with Crippen LogP contribution in [0.4, 0.5) is 4.39 Å². The second kappa shape index (κ2) is 6.60. The van der Waals surface area contributed by atoms with Crippen molar-refractivity contribution in [3.05, 3.63) is 84.4 Å². The number of para-hydroxylation sites is 1. The third-order valence-electron chi connectivity index (χ3n) is 4.88. The third kappa shape index (κ3) is 2.77. The summed E-state index contributed by atoms with van der Waals surface area (Å²) in [5, 5.41) is 0.826. The highest BCUT2D eigenvalue weighted by Crippen LogP contribution is 2.33. The van der Waals surface area contributed by atoms with Crippen molar-refractivity contribution in [1.29, 1.82) is 0 Å². The van der Waals surface area contributed by atoms with E-state index in [1.807, 2.05) is 24.3 Å². The molecule has 5 aromatic rings. The Bertz CT molecular complexity index is 1370. The number of fused-ring (bicyclic) bond motifs is 2. The maximum absolute atomic E-state index is 14.0. The van der Waals surface area contributed by atoms with E-state index in [0.717, 1.165) is 5.39 Å². The number of ether oxygens (including phenoxy) is 1. The molecule has 2 aromatic heterocycles. The molecule has 0 aliphatic heterocycles. The lowest BCUT2D eigenvalue weighted by Gasteiger charge is -2.08. The number of imidazole rings is 1. The highest BCUT2D eigenvalue weighted by molar-refractivity contribution is 6.06. The monoisotopic (exact) mass is 386 g/mol. The van der Waals surface area contributed by atoms with Crippen molar-refractivity contribution in [3.8, 4) is 17.1 Å². The molecular weight excluding hydrogens is 371 g/mol. The molecule has 0 aliphatic carbocycles. The van der Waals surface area contributed by atoms with Crippen LogP contribution >= 0.6 is 0 Å². The first-order valence-corrected chi connectivity index (χ1v) is 8.99. The Balaban J connectivity index is 1.77. The first-order valence-electron chi connectivity index (χ1n) is 8.99. The zero-order valence-corrected chi connectivity index (χ0v) is 15.4. The highest BCUT2D eigenvalue weighted by Gasteiger charge is 2.22. The molecule has 5 nitrogen and oxygen atoms in total. The number of carbonyl (C=O) groups is 1. The molecule has 3 aromatic carbocycles. The van der Waals surface area contributed by atoms with Crippen LogP contribution in [0.3, 0.4) is 0 Å². The van der Waals surface area contributed by atoms with E-state index in [2.05, 4.69) is 4.98 Å². The lowest BCUT2D eigenvalue weighted by molar-refractivity contribution is 0.0966. The van der Waals surface area contributed by atoms with Crippen molar-refractivity contribution in [1.82, 2.24) is 9.55 Å². The molecule has 0 saturated carbocycles. The van der Waals surface area contributed by atoms with Crippen LogP contribution in [0.15, 0.2) is 77.4 Å². The Morgan fingerprint density at radius 1 is 1.07 bits per heavy atom. The molecule has 0 aliphatic rings. The quantitative estimate of drug-likeness (QED) is 0.423. The largest absolute Gasteiger partial charge is 0.497 e. The Labute approximate surface area is 165 Å². The van der Waals surface area contributed by atoms with Crippen molar-refractivity contribution in [2.75, 3.05) is 7.11 Å². The third-order valence-corrected chi connectivity index (χ3v) is 4.88. The molecular formula is C23H15FN2O3. The van der Waals surface area contributed by atoms with E-state index in [4.69, 9.17) is 9.15 Å². The second-order valence-electron chi connectivity index (χ2n) is 6.58. The van der Waals surface area contributed by atoms with Crippen LogP contribution in [0.1, 0.15) is 10.4 Å². The second-order valence-corrected chi connectivity index (χ2v) is 6.58. The van der Waals surface area contributed by atoms with Crippen molar-refractivity contribution in [3.63, 3.8) is 0 Å². The number of hydrogen-bond donors (Lipinski definition) is 0. The van der Waals surface area contributed by atoms with Gasteiger partial charge in [0.15, 0.2) is 5.82 Å². The van der Waals surface area contributed by atoms with E-state index in [-0.39, 0.29) is 5.91 Å². The van der Waals surface area contributed by atoms with E-state index < -0.39 is 5.82 Å². The summed E-state index contributed by atoms with van der Waals surface area (Å²) in [6, 6.07) is 18.5. The van der Waals surface area contributed by atoms with Crippen molar-refractivity contribution in [2.24, 2.45) is 0 Å². The number of carbonyl (C=O) groups excluding carboxylic acids is 1. The summed E-state index contributed by atoms with van der Waals surface area (Å²) < 4.78 is 26.2. The molecule has 0 saturated heterocycles. The van der Waals surface area contributed by atoms with Gasteiger partial charge in [0.2, 0.25) is 0 Å². The van der Waals surface area contributed by atoms with E-state index in [1.54, 1.807) is 43.7 Å². The fourth-order valence-electron chi connectivity index (χ4n) is 3.45. The Morgan fingerprint density at radius 2 is 1.86 bits per heavy atom. The fourth-order valence-corrected chi connectivity index (χ4v) is 3.45. The van der Waals surface area contributed by atoms with Gasteiger partial charge in [-0.3, -0.25) is 9.36 Å². The van der Waals surface area contributed by atoms with Crippen LogP contribution in [0.5, 0.6) is 5.75 Å². The standard InChI is InChI=1S/C23H15FN2O3/c1-28-16-9-6-14(7-10-16)23(27)26-20-12-15(24)8-11-19(20)25-22(26)18-13-29-21-5-3-2-4-17(18)21/h2-13H,1H3. The number of nitrogens with zero attached hydrogens (tertiary/aromatic N) is 2. The van der Waals surface area contributed by atoms with Gasteiger partial charge in [0.1, 0.15) is 23.4 Å². The zero-order valence-electron chi connectivity index (χ0n) is 15.4. The van der Waals surface area contributed by atoms with E-state index in [0.29, 0.717) is 39.3 Å². The first-order chi connectivity index (χ1) is 14.2. The van der Waals surface area contributed by atoms with Crippen molar-refractivity contribution < 1.29 is 18.3 Å². The van der Waals surface area contributed by atoms with Crippen LogP contribution < -0.4 is 4.74 Å². The molecule has 0 amide bonds. The van der Waals surface area contributed by atoms with E-state index in [9.17, 15) is 9.18 Å². The van der Waals surface area contributed by atoms with E-state index >= 15 is 0 Å². The number of benzene rings is 3. The lowest BCUT2D eigenvalue weighted by atomic mass is 10.1. The summed E-state index contributed by atoms with van der Waals surface area (Å²) in [6.45, 7) is 0. The lowest BCUT2D eigenvalue weighted by Crippen LogP contribution is -2.13. The molecule has 0 radical (unpaired) electrons. The van der Waals surface area contributed by atoms with E-state index in [1.165, 1.54) is 16.7 Å². The molecule has 0 fully saturated rings. The predicted octanol–water partition coefficient (Wildman–Crippen LogP) is 5.29. The van der Waals surface area contributed by atoms with Crippen molar-refractivity contribution >= 4 is 27.9 Å². The van der Waals surface area contributed by atoms with Gasteiger partial charge in [-0.1, -0.05) is 18.2 Å². The molecule has 0 unspecified atom stereocenters. The summed E-state index contributed by atoms with van der Waals surface area (Å²) in [5.41, 5.74) is 2.70.